The van der Waals surface area contributed by atoms with Gasteiger partial charge in [-0.3, -0.25) is 9.69 Å². The SMILES string of the molecule is CCC(C)N(CC)C(C(=O)O)C(C)C. The quantitative estimate of drug-likeness (QED) is 0.716. The van der Waals surface area contributed by atoms with Crippen LogP contribution in [0, 0.1) is 5.92 Å². The highest BCUT2D eigenvalue weighted by Gasteiger charge is 2.29. The van der Waals surface area contributed by atoms with Gasteiger partial charge in [-0.15, -0.1) is 0 Å². The Morgan fingerprint density at radius 2 is 1.79 bits per heavy atom. The zero-order valence-corrected chi connectivity index (χ0v) is 9.95. The van der Waals surface area contributed by atoms with Crippen molar-refractivity contribution in [1.29, 1.82) is 0 Å². The van der Waals surface area contributed by atoms with E-state index in [1.807, 2.05) is 20.8 Å². The van der Waals surface area contributed by atoms with E-state index in [9.17, 15) is 4.79 Å². The predicted molar refractivity (Wildman–Crippen MR) is 58.4 cm³/mol. The molecule has 0 aromatic heterocycles. The Kier molecular flexibility index (Phi) is 5.77. The van der Waals surface area contributed by atoms with Gasteiger partial charge in [-0.1, -0.05) is 27.7 Å². The first kappa shape index (κ1) is 13.4. The van der Waals surface area contributed by atoms with Crippen LogP contribution in [-0.4, -0.2) is 34.6 Å². The first-order valence-corrected chi connectivity index (χ1v) is 5.44. The van der Waals surface area contributed by atoms with E-state index in [4.69, 9.17) is 5.11 Å². The molecule has 3 nitrogen and oxygen atoms in total. The van der Waals surface area contributed by atoms with Crippen LogP contribution in [0.1, 0.15) is 41.0 Å². The van der Waals surface area contributed by atoms with Crippen LogP contribution in [0.5, 0.6) is 0 Å². The lowest BCUT2D eigenvalue weighted by Gasteiger charge is -2.34. The van der Waals surface area contributed by atoms with Gasteiger partial charge in [0.25, 0.3) is 0 Å². The highest BCUT2D eigenvalue weighted by molar-refractivity contribution is 5.73. The van der Waals surface area contributed by atoms with Crippen LogP contribution in [0.25, 0.3) is 0 Å². The van der Waals surface area contributed by atoms with Crippen LogP contribution < -0.4 is 0 Å². The van der Waals surface area contributed by atoms with Gasteiger partial charge < -0.3 is 5.11 Å². The minimum atomic E-state index is -0.706. The molecular weight excluding hydrogens is 178 g/mol. The Labute approximate surface area is 87.1 Å². The molecule has 14 heavy (non-hydrogen) atoms. The highest BCUT2D eigenvalue weighted by atomic mass is 16.4. The number of carboxylic acids is 1. The molecule has 0 aromatic rings. The fourth-order valence-electron chi connectivity index (χ4n) is 1.83. The van der Waals surface area contributed by atoms with Crippen molar-refractivity contribution in [3.63, 3.8) is 0 Å². The van der Waals surface area contributed by atoms with Gasteiger partial charge in [-0.2, -0.15) is 0 Å². The van der Waals surface area contributed by atoms with E-state index >= 15 is 0 Å². The lowest BCUT2D eigenvalue weighted by molar-refractivity contribution is -0.146. The van der Waals surface area contributed by atoms with E-state index in [2.05, 4.69) is 18.7 Å². The lowest BCUT2D eigenvalue weighted by Crippen LogP contribution is -2.48. The molecule has 0 aliphatic carbocycles. The largest absolute Gasteiger partial charge is 0.480 e. The van der Waals surface area contributed by atoms with E-state index < -0.39 is 5.97 Å². The summed E-state index contributed by atoms with van der Waals surface area (Å²) in [6, 6.07) is -0.0153. The zero-order chi connectivity index (χ0) is 11.3. The lowest BCUT2D eigenvalue weighted by atomic mass is 10.0. The van der Waals surface area contributed by atoms with Gasteiger partial charge in [0.1, 0.15) is 6.04 Å². The highest BCUT2D eigenvalue weighted by Crippen LogP contribution is 2.15. The summed E-state index contributed by atoms with van der Waals surface area (Å²) in [6.07, 6.45) is 0.990. The van der Waals surface area contributed by atoms with Crippen molar-refractivity contribution in [1.82, 2.24) is 4.90 Å². The third-order valence-electron chi connectivity index (χ3n) is 2.76. The van der Waals surface area contributed by atoms with Gasteiger partial charge in [-0.25, -0.2) is 0 Å². The fraction of sp³-hybridized carbons (Fsp3) is 0.909. The standard InChI is InChI=1S/C11H23NO2/c1-6-9(5)12(7-2)10(8(3)4)11(13)14/h8-10H,6-7H2,1-5H3,(H,13,14). The summed E-state index contributed by atoms with van der Waals surface area (Å²) in [5.41, 5.74) is 0. The third-order valence-corrected chi connectivity index (χ3v) is 2.76. The normalized spacial score (nSPS) is 15.9. The van der Waals surface area contributed by atoms with Gasteiger partial charge in [0.15, 0.2) is 0 Å². The molecule has 0 aliphatic rings. The summed E-state index contributed by atoms with van der Waals surface area (Å²) >= 11 is 0. The van der Waals surface area contributed by atoms with Gasteiger partial charge in [0, 0.05) is 6.04 Å². The summed E-state index contributed by atoms with van der Waals surface area (Å²) in [5.74, 6) is -0.552. The van der Waals surface area contributed by atoms with Crippen LogP contribution in [0.3, 0.4) is 0 Å². The smallest absolute Gasteiger partial charge is 0.321 e. The number of aliphatic carboxylic acids is 1. The van der Waals surface area contributed by atoms with Crippen LogP contribution in [0.4, 0.5) is 0 Å². The number of hydrogen-bond donors (Lipinski definition) is 1. The van der Waals surface area contributed by atoms with E-state index in [0.29, 0.717) is 6.04 Å². The Morgan fingerprint density at radius 1 is 1.29 bits per heavy atom. The summed E-state index contributed by atoms with van der Waals surface area (Å²) in [4.78, 5) is 13.2. The molecule has 0 fully saturated rings. The van der Waals surface area contributed by atoms with Crippen LogP contribution in [0.2, 0.25) is 0 Å². The van der Waals surface area contributed by atoms with E-state index in [-0.39, 0.29) is 12.0 Å². The molecule has 0 aromatic carbocycles. The predicted octanol–water partition coefficient (Wildman–Crippen LogP) is 2.22. The fourth-order valence-corrected chi connectivity index (χ4v) is 1.83. The van der Waals surface area contributed by atoms with Crippen LogP contribution in [0.15, 0.2) is 0 Å². The second kappa shape index (κ2) is 6.02. The number of nitrogens with zero attached hydrogens (tertiary/aromatic N) is 1. The zero-order valence-electron chi connectivity index (χ0n) is 9.95. The molecule has 0 amide bonds. The van der Waals surface area contributed by atoms with Gasteiger partial charge in [0.05, 0.1) is 0 Å². The molecule has 0 rings (SSSR count). The summed E-state index contributed by atoms with van der Waals surface area (Å²) in [7, 11) is 0. The molecule has 1 N–H and O–H groups in total. The second-order valence-electron chi connectivity index (χ2n) is 4.11. The molecule has 0 radical (unpaired) electrons. The maximum absolute atomic E-state index is 11.1. The molecule has 0 aliphatic heterocycles. The second-order valence-corrected chi connectivity index (χ2v) is 4.11. The Hall–Kier alpha value is -0.570. The van der Waals surface area contributed by atoms with Gasteiger partial charge >= 0.3 is 5.97 Å². The minimum Gasteiger partial charge on any atom is -0.480 e. The Balaban J connectivity index is 4.67. The van der Waals surface area contributed by atoms with Gasteiger partial charge in [-0.05, 0) is 25.8 Å². The molecular formula is C11H23NO2. The van der Waals surface area contributed by atoms with Crippen molar-refractivity contribution < 1.29 is 9.90 Å². The molecule has 84 valence electrons. The minimum absolute atomic E-state index is 0.154. The number of hydrogen-bond acceptors (Lipinski definition) is 2. The molecule has 3 heteroatoms. The monoisotopic (exact) mass is 201 g/mol. The Morgan fingerprint density at radius 3 is 2.00 bits per heavy atom. The topological polar surface area (TPSA) is 40.5 Å². The summed E-state index contributed by atoms with van der Waals surface area (Å²) in [6.45, 7) is 10.9. The molecule has 0 heterocycles. The van der Waals surface area contributed by atoms with E-state index in [1.54, 1.807) is 0 Å². The van der Waals surface area contributed by atoms with Crippen molar-refractivity contribution in [3.8, 4) is 0 Å². The molecule has 2 atom stereocenters. The average Bonchev–Trinajstić information content (AvgIpc) is 2.11. The number of rotatable bonds is 6. The third kappa shape index (κ3) is 3.29. The van der Waals surface area contributed by atoms with Crippen molar-refractivity contribution in [3.05, 3.63) is 0 Å². The maximum atomic E-state index is 11.1. The molecule has 0 spiro atoms. The van der Waals surface area contributed by atoms with Crippen molar-refractivity contribution >= 4 is 5.97 Å². The summed E-state index contributed by atoms with van der Waals surface area (Å²) in [5, 5.41) is 9.15. The number of carboxylic acid groups (broad SMARTS) is 1. The molecule has 2 unspecified atom stereocenters. The number of likely N-dealkylation sites (N-methyl/N-ethyl adjacent to an activating group) is 1. The first-order valence-electron chi connectivity index (χ1n) is 5.44. The summed E-state index contributed by atoms with van der Waals surface area (Å²) < 4.78 is 0. The first-order chi connectivity index (χ1) is 6.45. The van der Waals surface area contributed by atoms with Crippen molar-refractivity contribution in [2.45, 2.75) is 53.1 Å². The van der Waals surface area contributed by atoms with Crippen molar-refractivity contribution in [2.24, 2.45) is 5.92 Å². The van der Waals surface area contributed by atoms with Crippen LogP contribution in [-0.2, 0) is 4.79 Å². The van der Waals surface area contributed by atoms with E-state index in [1.165, 1.54) is 0 Å². The average molecular weight is 201 g/mol. The van der Waals surface area contributed by atoms with Crippen LogP contribution >= 0.6 is 0 Å². The number of carbonyl (C=O) groups is 1. The Bertz CT molecular complexity index is 180. The van der Waals surface area contributed by atoms with Gasteiger partial charge in [0.2, 0.25) is 0 Å². The maximum Gasteiger partial charge on any atom is 0.321 e. The molecule has 0 saturated carbocycles. The van der Waals surface area contributed by atoms with Crippen molar-refractivity contribution in [2.75, 3.05) is 6.54 Å². The molecule has 0 saturated heterocycles. The molecule has 0 bridgehead atoms. The van der Waals surface area contributed by atoms with E-state index in [0.717, 1.165) is 13.0 Å².